The molecule has 0 unspecified atom stereocenters. The van der Waals surface area contributed by atoms with Gasteiger partial charge in [0.05, 0.1) is 12.1 Å². The predicted octanol–water partition coefficient (Wildman–Crippen LogP) is 2.74. The lowest BCUT2D eigenvalue weighted by Gasteiger charge is -2.22. The number of rotatable bonds is 8. The molecule has 1 rings (SSSR count). The third-order valence-electron chi connectivity index (χ3n) is 3.40. The highest BCUT2D eigenvalue weighted by Crippen LogP contribution is 2.13. The molecule has 1 aromatic carbocycles. The number of anilines is 1. The van der Waals surface area contributed by atoms with E-state index in [1.165, 1.54) is 11.8 Å². The zero-order valence-corrected chi connectivity index (χ0v) is 14.0. The van der Waals surface area contributed by atoms with Gasteiger partial charge < -0.3 is 15.7 Å². The van der Waals surface area contributed by atoms with Gasteiger partial charge in [-0.05, 0) is 44.4 Å². The number of aliphatic hydroxyl groups is 1. The lowest BCUT2D eigenvalue weighted by atomic mass is 10.1. The van der Waals surface area contributed by atoms with Crippen molar-refractivity contribution in [1.82, 2.24) is 5.32 Å². The van der Waals surface area contributed by atoms with Gasteiger partial charge in [0.15, 0.2) is 0 Å². The third kappa shape index (κ3) is 6.54. The van der Waals surface area contributed by atoms with Crippen LogP contribution in [0.1, 0.15) is 39.2 Å². The first-order valence-corrected chi connectivity index (χ1v) is 7.81. The van der Waals surface area contributed by atoms with Crippen LogP contribution < -0.4 is 10.6 Å². The van der Waals surface area contributed by atoms with E-state index < -0.39 is 11.4 Å². The van der Waals surface area contributed by atoms with Crippen LogP contribution in [0.4, 0.5) is 5.69 Å². The van der Waals surface area contributed by atoms with Gasteiger partial charge in [0.2, 0.25) is 0 Å². The van der Waals surface area contributed by atoms with Crippen molar-refractivity contribution in [3.63, 3.8) is 0 Å². The van der Waals surface area contributed by atoms with Gasteiger partial charge >= 0.3 is 0 Å². The minimum absolute atomic E-state index is 0.0402. The predicted molar refractivity (Wildman–Crippen MR) is 91.7 cm³/mol. The lowest BCUT2D eigenvalue weighted by molar-refractivity contribution is -0.112. The van der Waals surface area contributed by atoms with E-state index in [4.69, 9.17) is 10.4 Å². The first-order valence-electron chi connectivity index (χ1n) is 7.81. The summed E-state index contributed by atoms with van der Waals surface area (Å²) in [6.07, 6.45) is 4.64. The van der Waals surface area contributed by atoms with Crippen LogP contribution in [0, 0.1) is 11.3 Å². The minimum Gasteiger partial charge on any atom is -0.394 e. The molecular weight excluding hydrogens is 290 g/mol. The molecule has 5 heteroatoms. The molecule has 0 saturated heterocycles. The van der Waals surface area contributed by atoms with Crippen molar-refractivity contribution in [2.45, 2.75) is 45.6 Å². The number of hydrogen-bond acceptors (Lipinski definition) is 4. The number of amides is 1. The van der Waals surface area contributed by atoms with E-state index >= 15 is 0 Å². The Kier molecular flexibility index (Phi) is 7.30. The monoisotopic (exact) mass is 315 g/mol. The Morgan fingerprint density at radius 3 is 2.52 bits per heavy atom. The second-order valence-corrected chi connectivity index (χ2v) is 6.11. The summed E-state index contributed by atoms with van der Waals surface area (Å²) in [4.78, 5) is 12.1. The number of aliphatic hydroxyl groups excluding tert-OH is 1. The van der Waals surface area contributed by atoms with Crippen LogP contribution in [0.2, 0.25) is 0 Å². The fraction of sp³-hybridized carbons (Fsp3) is 0.444. The van der Waals surface area contributed by atoms with Gasteiger partial charge in [0, 0.05) is 11.9 Å². The number of carbonyl (C=O) groups excluding carboxylic acids is 1. The molecule has 1 aromatic rings. The molecule has 0 spiro atoms. The largest absolute Gasteiger partial charge is 0.394 e. The number of nitriles is 1. The van der Waals surface area contributed by atoms with E-state index in [1.807, 2.05) is 30.3 Å². The van der Waals surface area contributed by atoms with E-state index in [0.717, 1.165) is 19.3 Å². The first kappa shape index (κ1) is 18.7. The topological polar surface area (TPSA) is 85.2 Å². The van der Waals surface area contributed by atoms with Crippen molar-refractivity contribution in [1.29, 1.82) is 5.26 Å². The van der Waals surface area contributed by atoms with Crippen LogP contribution in [0.3, 0.4) is 0 Å². The minimum atomic E-state index is -0.594. The fourth-order valence-corrected chi connectivity index (χ4v) is 1.80. The van der Waals surface area contributed by atoms with Gasteiger partial charge in [-0.1, -0.05) is 25.5 Å². The molecule has 0 aliphatic carbocycles. The van der Waals surface area contributed by atoms with Crippen molar-refractivity contribution in [3.8, 4) is 6.07 Å². The Morgan fingerprint density at radius 1 is 1.35 bits per heavy atom. The summed E-state index contributed by atoms with van der Waals surface area (Å²) in [5.41, 5.74) is 1.25. The second-order valence-electron chi connectivity index (χ2n) is 6.11. The average molecular weight is 315 g/mol. The molecule has 0 aromatic heterocycles. The van der Waals surface area contributed by atoms with Crippen LogP contribution in [0.5, 0.6) is 0 Å². The summed E-state index contributed by atoms with van der Waals surface area (Å²) >= 11 is 0. The third-order valence-corrected chi connectivity index (χ3v) is 3.40. The van der Waals surface area contributed by atoms with Crippen LogP contribution in [-0.2, 0) is 11.2 Å². The molecule has 0 bridgehead atoms. The van der Waals surface area contributed by atoms with Gasteiger partial charge in [-0.3, -0.25) is 4.79 Å². The lowest BCUT2D eigenvalue weighted by Crippen LogP contribution is -2.39. The van der Waals surface area contributed by atoms with E-state index in [9.17, 15) is 4.79 Å². The molecular formula is C18H25N3O2. The normalized spacial score (nSPS) is 11.7. The summed E-state index contributed by atoms with van der Waals surface area (Å²) in [5, 5.41) is 23.8. The maximum atomic E-state index is 12.1. The van der Waals surface area contributed by atoms with Crippen LogP contribution >= 0.6 is 0 Å². The highest BCUT2D eigenvalue weighted by molar-refractivity contribution is 6.06. The molecule has 0 radical (unpaired) electrons. The van der Waals surface area contributed by atoms with Gasteiger partial charge in [-0.2, -0.15) is 5.26 Å². The van der Waals surface area contributed by atoms with Gasteiger partial charge in [0.25, 0.3) is 5.91 Å². The van der Waals surface area contributed by atoms with Crippen molar-refractivity contribution < 1.29 is 9.90 Å². The number of nitrogens with one attached hydrogen (secondary N) is 2. The number of carbonyl (C=O) groups is 1. The Morgan fingerprint density at radius 2 is 2.00 bits per heavy atom. The molecule has 124 valence electrons. The summed E-state index contributed by atoms with van der Waals surface area (Å²) in [5.74, 6) is -0.477. The summed E-state index contributed by atoms with van der Waals surface area (Å²) < 4.78 is 0. The van der Waals surface area contributed by atoms with Gasteiger partial charge in [-0.25, -0.2) is 0 Å². The van der Waals surface area contributed by atoms with E-state index in [0.29, 0.717) is 5.69 Å². The Labute approximate surface area is 138 Å². The summed E-state index contributed by atoms with van der Waals surface area (Å²) in [6.45, 7) is 5.58. The number of unbranched alkanes of at least 4 members (excludes halogenated alkanes) is 1. The average Bonchev–Trinajstić information content (AvgIpc) is 2.54. The first-order chi connectivity index (χ1) is 10.9. The van der Waals surface area contributed by atoms with Gasteiger partial charge in [0.1, 0.15) is 11.6 Å². The van der Waals surface area contributed by atoms with Gasteiger partial charge in [-0.15, -0.1) is 0 Å². The van der Waals surface area contributed by atoms with Crippen molar-refractivity contribution in [3.05, 3.63) is 41.6 Å². The number of nitrogens with zero attached hydrogens (tertiary/aromatic N) is 1. The molecule has 0 aliphatic heterocycles. The molecule has 0 saturated carbocycles. The van der Waals surface area contributed by atoms with E-state index in [-0.39, 0.29) is 12.2 Å². The molecule has 0 aliphatic rings. The summed E-state index contributed by atoms with van der Waals surface area (Å²) in [7, 11) is 0. The fourth-order valence-electron chi connectivity index (χ4n) is 1.80. The highest BCUT2D eigenvalue weighted by atomic mass is 16.3. The molecule has 5 nitrogen and oxygen atoms in total. The molecule has 0 fully saturated rings. The molecule has 1 amide bonds. The molecule has 0 atom stereocenters. The van der Waals surface area contributed by atoms with Crippen molar-refractivity contribution in [2.75, 3.05) is 11.9 Å². The zero-order valence-electron chi connectivity index (χ0n) is 14.0. The maximum absolute atomic E-state index is 12.1. The Bertz CT molecular complexity index is 583. The molecule has 3 N–H and O–H groups in total. The van der Waals surface area contributed by atoms with Crippen LogP contribution in [0.25, 0.3) is 0 Å². The van der Waals surface area contributed by atoms with Crippen molar-refractivity contribution in [2.24, 2.45) is 0 Å². The highest BCUT2D eigenvalue weighted by Gasteiger charge is 2.16. The quantitative estimate of drug-likeness (QED) is 0.508. The molecule has 23 heavy (non-hydrogen) atoms. The Balaban J connectivity index is 2.69. The van der Waals surface area contributed by atoms with E-state index in [1.54, 1.807) is 13.8 Å². The maximum Gasteiger partial charge on any atom is 0.267 e. The SMILES string of the molecule is CCCCc1ccc(NC(=O)/C(C#N)=C\NC(C)(C)CO)cc1. The standard InChI is InChI=1S/C18H25N3O2/c1-4-5-6-14-7-9-16(10-8-14)21-17(23)15(11-19)12-20-18(2,3)13-22/h7-10,12,20,22H,4-6,13H2,1-3H3,(H,21,23)/b15-12-. The Hall–Kier alpha value is -2.32. The second kappa shape index (κ2) is 8.96. The van der Waals surface area contributed by atoms with Crippen molar-refractivity contribution >= 4 is 11.6 Å². The number of aryl methyl sites for hydroxylation is 1. The zero-order chi connectivity index (χ0) is 17.3. The molecule has 0 heterocycles. The van der Waals surface area contributed by atoms with Crippen LogP contribution in [0.15, 0.2) is 36.0 Å². The summed E-state index contributed by atoms with van der Waals surface area (Å²) in [6, 6.07) is 9.50. The van der Waals surface area contributed by atoms with E-state index in [2.05, 4.69) is 17.6 Å². The number of benzene rings is 1. The number of hydrogen-bond donors (Lipinski definition) is 3. The van der Waals surface area contributed by atoms with Crippen LogP contribution in [-0.4, -0.2) is 23.2 Å². The smallest absolute Gasteiger partial charge is 0.267 e.